The van der Waals surface area contributed by atoms with Gasteiger partial charge in [0.1, 0.15) is 11.9 Å². The van der Waals surface area contributed by atoms with Crippen LogP contribution in [0, 0.1) is 0 Å². The molecular formula is C6H12O3S. The summed E-state index contributed by atoms with van der Waals surface area (Å²) in [5.74, 6) is -0.581. The molecular weight excluding hydrogens is 152 g/mol. The number of ether oxygens (including phenoxy) is 1. The zero-order valence-electron chi connectivity index (χ0n) is 6.42. The molecule has 0 aliphatic heterocycles. The van der Waals surface area contributed by atoms with E-state index in [4.69, 9.17) is 0 Å². The fourth-order valence-electron chi connectivity index (χ4n) is 0.535. The van der Waals surface area contributed by atoms with Gasteiger partial charge in [0.2, 0.25) is 0 Å². The topological polar surface area (TPSA) is 49.4 Å². The predicted molar refractivity (Wildman–Crippen MR) is 39.9 cm³/mol. The SMILES string of the molecule is CO[C@@H](C[S+](C)C)C(=O)[O-]. The second-order valence-corrected chi connectivity index (χ2v) is 4.50. The molecule has 0 saturated heterocycles. The fourth-order valence-corrected chi connectivity index (χ4v) is 1.41. The second kappa shape index (κ2) is 4.57. The molecule has 0 fully saturated rings. The molecule has 1 atom stereocenters. The average Bonchev–Trinajstić information content (AvgIpc) is 1.81. The molecule has 0 radical (unpaired) electrons. The maximum Gasteiger partial charge on any atom is 0.141 e. The van der Waals surface area contributed by atoms with Crippen molar-refractivity contribution in [1.29, 1.82) is 0 Å². The van der Waals surface area contributed by atoms with Crippen molar-refractivity contribution < 1.29 is 14.6 Å². The predicted octanol–water partition coefficient (Wildman–Crippen LogP) is -1.37. The van der Waals surface area contributed by atoms with Gasteiger partial charge in [0.05, 0.1) is 18.5 Å². The number of carboxylic acid groups (broad SMARTS) is 1. The minimum atomic E-state index is -1.12. The van der Waals surface area contributed by atoms with Gasteiger partial charge in [0.25, 0.3) is 0 Å². The van der Waals surface area contributed by atoms with Crippen LogP contribution in [0.25, 0.3) is 0 Å². The largest absolute Gasteiger partial charge is 0.547 e. The van der Waals surface area contributed by atoms with Crippen LogP contribution in [0.15, 0.2) is 0 Å². The molecule has 0 aliphatic rings. The lowest BCUT2D eigenvalue weighted by Gasteiger charge is -2.13. The summed E-state index contributed by atoms with van der Waals surface area (Å²) in [4.78, 5) is 10.2. The Balaban J connectivity index is 3.72. The van der Waals surface area contributed by atoms with Gasteiger partial charge in [0.15, 0.2) is 0 Å². The van der Waals surface area contributed by atoms with Crippen molar-refractivity contribution in [3.8, 4) is 0 Å². The summed E-state index contributed by atoms with van der Waals surface area (Å²) in [5, 5.41) is 10.2. The lowest BCUT2D eigenvalue weighted by atomic mass is 10.4. The number of methoxy groups -OCH3 is 1. The molecule has 0 aliphatic carbocycles. The maximum absolute atomic E-state index is 10.2. The summed E-state index contributed by atoms with van der Waals surface area (Å²) in [5.41, 5.74) is 0. The van der Waals surface area contributed by atoms with E-state index >= 15 is 0 Å². The molecule has 0 heterocycles. The Morgan fingerprint density at radius 2 is 2.20 bits per heavy atom. The van der Waals surface area contributed by atoms with E-state index in [1.807, 2.05) is 12.5 Å². The van der Waals surface area contributed by atoms with Crippen molar-refractivity contribution >= 4 is 16.9 Å². The Morgan fingerprint density at radius 1 is 1.70 bits per heavy atom. The smallest absolute Gasteiger partial charge is 0.141 e. The Kier molecular flexibility index (Phi) is 4.47. The van der Waals surface area contributed by atoms with Gasteiger partial charge < -0.3 is 14.6 Å². The van der Waals surface area contributed by atoms with Crippen LogP contribution in [0.5, 0.6) is 0 Å². The van der Waals surface area contributed by atoms with Gasteiger partial charge in [-0.2, -0.15) is 0 Å². The third-order valence-electron chi connectivity index (χ3n) is 1.03. The van der Waals surface area contributed by atoms with Gasteiger partial charge in [0, 0.05) is 7.11 Å². The zero-order valence-corrected chi connectivity index (χ0v) is 7.23. The monoisotopic (exact) mass is 164 g/mol. The van der Waals surface area contributed by atoms with E-state index in [0.29, 0.717) is 5.75 Å². The van der Waals surface area contributed by atoms with E-state index in [2.05, 4.69) is 4.74 Å². The second-order valence-electron chi connectivity index (χ2n) is 2.20. The number of hydrogen-bond donors (Lipinski definition) is 0. The summed E-state index contributed by atoms with van der Waals surface area (Å²) < 4.78 is 4.67. The van der Waals surface area contributed by atoms with Gasteiger partial charge in [-0.1, -0.05) is 0 Å². The number of hydrogen-bond acceptors (Lipinski definition) is 3. The Labute approximate surface area is 63.7 Å². The van der Waals surface area contributed by atoms with Crippen LogP contribution in [0.1, 0.15) is 0 Å². The highest BCUT2D eigenvalue weighted by Crippen LogP contribution is 1.94. The zero-order chi connectivity index (χ0) is 8.15. The molecule has 0 aromatic heterocycles. The number of carbonyl (C=O) groups is 1. The Hall–Kier alpha value is -0.220. The first-order valence-corrected chi connectivity index (χ1v) is 5.06. The highest BCUT2D eigenvalue weighted by atomic mass is 32.2. The normalized spacial score (nSPS) is 13.6. The maximum atomic E-state index is 10.2. The van der Waals surface area contributed by atoms with Crippen LogP contribution in [-0.4, -0.2) is 37.4 Å². The van der Waals surface area contributed by atoms with Crippen LogP contribution < -0.4 is 5.11 Å². The van der Waals surface area contributed by atoms with Gasteiger partial charge in [-0.15, -0.1) is 0 Å². The highest BCUT2D eigenvalue weighted by molar-refractivity contribution is 7.95. The number of carbonyl (C=O) groups excluding carboxylic acids is 1. The minimum absolute atomic E-state index is 0.0881. The summed E-state index contributed by atoms with van der Waals surface area (Å²) in [6, 6.07) is 0. The third kappa shape index (κ3) is 3.74. The summed E-state index contributed by atoms with van der Waals surface area (Å²) in [7, 11) is 1.47. The molecule has 4 heteroatoms. The van der Waals surface area contributed by atoms with E-state index < -0.39 is 12.1 Å². The summed E-state index contributed by atoms with van der Waals surface area (Å²) in [6.45, 7) is 0. The van der Waals surface area contributed by atoms with Gasteiger partial charge in [-0.3, -0.25) is 0 Å². The molecule has 3 nitrogen and oxygen atoms in total. The van der Waals surface area contributed by atoms with Crippen molar-refractivity contribution in [2.24, 2.45) is 0 Å². The van der Waals surface area contributed by atoms with E-state index in [1.165, 1.54) is 7.11 Å². The summed E-state index contributed by atoms with van der Waals surface area (Å²) in [6.07, 6.45) is 3.20. The molecule has 0 aromatic carbocycles. The van der Waals surface area contributed by atoms with Crippen LogP contribution in [0.2, 0.25) is 0 Å². The first-order chi connectivity index (χ1) is 4.57. The summed E-state index contributed by atoms with van der Waals surface area (Å²) >= 11 is 0. The van der Waals surface area contributed by atoms with Crippen LogP contribution in [-0.2, 0) is 20.4 Å². The van der Waals surface area contributed by atoms with Crippen LogP contribution >= 0.6 is 0 Å². The molecule has 0 aromatic rings. The number of carboxylic acids is 1. The van der Waals surface area contributed by atoms with Crippen molar-refractivity contribution in [1.82, 2.24) is 0 Å². The molecule has 0 bridgehead atoms. The Bertz CT molecular complexity index is 114. The standard InChI is InChI=1S/C6H12O3S/c1-9-5(6(7)8)4-10(2)3/h5H,4H2,1-3H3/t5-/m0/s1. The van der Waals surface area contributed by atoms with E-state index in [1.54, 1.807) is 0 Å². The molecule has 60 valence electrons. The molecule has 0 spiro atoms. The number of aliphatic carboxylic acids is 1. The molecule has 0 saturated carbocycles. The quantitative estimate of drug-likeness (QED) is 0.482. The number of rotatable bonds is 4. The van der Waals surface area contributed by atoms with E-state index in [0.717, 1.165) is 0 Å². The van der Waals surface area contributed by atoms with E-state index in [9.17, 15) is 9.90 Å². The van der Waals surface area contributed by atoms with Gasteiger partial charge in [-0.05, 0) is 10.9 Å². The van der Waals surface area contributed by atoms with Crippen LogP contribution in [0.3, 0.4) is 0 Å². The van der Waals surface area contributed by atoms with Gasteiger partial charge >= 0.3 is 0 Å². The Morgan fingerprint density at radius 3 is 2.30 bits per heavy atom. The first-order valence-electron chi connectivity index (χ1n) is 2.85. The van der Waals surface area contributed by atoms with Crippen molar-refractivity contribution in [2.45, 2.75) is 6.10 Å². The highest BCUT2D eigenvalue weighted by Gasteiger charge is 2.15. The first kappa shape index (κ1) is 9.78. The fraction of sp³-hybridized carbons (Fsp3) is 0.833. The van der Waals surface area contributed by atoms with Crippen molar-refractivity contribution in [2.75, 3.05) is 25.4 Å². The lowest BCUT2D eigenvalue weighted by molar-refractivity contribution is -0.314. The molecule has 0 unspecified atom stereocenters. The molecule has 0 rings (SSSR count). The minimum Gasteiger partial charge on any atom is -0.547 e. The molecule has 0 N–H and O–H groups in total. The van der Waals surface area contributed by atoms with E-state index in [-0.39, 0.29) is 10.9 Å². The molecule has 0 amide bonds. The average molecular weight is 164 g/mol. The van der Waals surface area contributed by atoms with Gasteiger partial charge in [-0.25, -0.2) is 0 Å². The third-order valence-corrected chi connectivity index (χ3v) is 2.00. The van der Waals surface area contributed by atoms with Crippen molar-refractivity contribution in [3.63, 3.8) is 0 Å². The van der Waals surface area contributed by atoms with Crippen LogP contribution in [0.4, 0.5) is 0 Å². The lowest BCUT2D eigenvalue weighted by Crippen LogP contribution is -2.41. The molecule has 10 heavy (non-hydrogen) atoms. The van der Waals surface area contributed by atoms with Crippen molar-refractivity contribution in [3.05, 3.63) is 0 Å².